The van der Waals surface area contributed by atoms with Crippen molar-refractivity contribution in [1.29, 1.82) is 0 Å². The molecule has 0 aromatic heterocycles. The van der Waals surface area contributed by atoms with Crippen molar-refractivity contribution >= 4 is 143 Å². The molecule has 5 nitrogen and oxygen atoms in total. The second-order valence-corrected chi connectivity index (χ2v) is 22.0. The van der Waals surface area contributed by atoms with Crippen LogP contribution in [-0.4, -0.2) is 13.4 Å². The lowest BCUT2D eigenvalue weighted by molar-refractivity contribution is 0.606. The number of fused-ring (bicyclic) bond motifs is 8. The Kier molecular flexibility index (Phi) is 11.1. The van der Waals surface area contributed by atoms with Gasteiger partial charge in [0.05, 0.1) is 11.4 Å². The molecule has 12 aromatic rings. The Morgan fingerprint density at radius 2 is 0.642 bits per heavy atom. The third-order valence-corrected chi connectivity index (χ3v) is 17.6. The largest absolute Gasteiger partial charge is 0.311 e. The van der Waals surface area contributed by atoms with E-state index in [1.807, 2.05) is 6.07 Å². The lowest BCUT2D eigenvalue weighted by atomic mass is 9.31. The summed E-state index contributed by atoms with van der Waals surface area (Å²) < 4.78 is 19.9. The number of rotatable bonds is 9. The van der Waals surface area contributed by atoms with Gasteiger partial charge in [0.15, 0.2) is 5.82 Å². The molecule has 4 aliphatic heterocycles. The summed E-state index contributed by atoms with van der Waals surface area (Å²) in [4.78, 5) is 13.4. The minimum absolute atomic E-state index is 0.233. The van der Waals surface area contributed by atoms with E-state index in [1.54, 1.807) is 11.8 Å². The van der Waals surface area contributed by atoms with Gasteiger partial charge >= 0.3 is 0 Å². The zero-order valence-corrected chi connectivity index (χ0v) is 44.7. The monoisotopic (exact) mass is 1060 g/mol. The van der Waals surface area contributed by atoms with Crippen LogP contribution in [0.1, 0.15) is 0 Å². The van der Waals surface area contributed by atoms with Crippen LogP contribution in [-0.2, 0) is 0 Å². The summed E-state index contributed by atoms with van der Waals surface area (Å²) in [6.07, 6.45) is 0. The molecule has 380 valence electrons. The van der Waals surface area contributed by atoms with Gasteiger partial charge in [0, 0.05) is 83.7 Å². The lowest BCUT2D eigenvalue weighted by Gasteiger charge is -2.46. The number of nitrogens with zero attached hydrogens (tertiary/aromatic N) is 5. The van der Waals surface area contributed by atoms with Gasteiger partial charge < -0.3 is 24.5 Å². The van der Waals surface area contributed by atoms with E-state index in [4.69, 9.17) is 0 Å². The van der Waals surface area contributed by atoms with Crippen LogP contribution in [0.5, 0.6) is 0 Å². The third kappa shape index (κ3) is 7.49. The Hall–Kier alpha value is -9.95. The molecule has 0 radical (unpaired) electrons. The van der Waals surface area contributed by atoms with Crippen molar-refractivity contribution < 1.29 is 4.39 Å². The third-order valence-electron chi connectivity index (χ3n) is 16.4. The zero-order valence-electron chi connectivity index (χ0n) is 43.9. The normalized spacial score (nSPS) is 13.1. The maximum absolute atomic E-state index is 19.9. The van der Waals surface area contributed by atoms with Gasteiger partial charge in [0.2, 0.25) is 6.71 Å². The molecule has 0 N–H and O–H groups in total. The van der Waals surface area contributed by atoms with E-state index in [1.165, 1.54) is 5.46 Å². The highest BCUT2D eigenvalue weighted by Gasteiger charge is 2.49. The molecule has 0 spiro atoms. The predicted molar refractivity (Wildman–Crippen MR) is 340 cm³/mol. The Bertz CT molecular complexity index is 4290. The SMILES string of the molecule is Fc1c2c(cc3c1N(c1ccccc1)c1cc(N(c4ccccc4)c4ccccc4)cc4c1B3c1ccccc1N4c1ccccc1)B1c3ccccc3N(c3ccccc3)c3cc(N(c4ccccc4)c4ccccc4)cc(c31)S2. The van der Waals surface area contributed by atoms with Gasteiger partial charge in [-0.1, -0.05) is 187 Å². The fraction of sp³-hybridized carbons (Fsp3) is 0. The van der Waals surface area contributed by atoms with Crippen molar-refractivity contribution in [2.24, 2.45) is 0 Å². The first-order valence-electron chi connectivity index (χ1n) is 27.6. The van der Waals surface area contributed by atoms with Crippen LogP contribution in [0, 0.1) is 5.82 Å². The summed E-state index contributed by atoms with van der Waals surface area (Å²) >= 11 is 1.56. The van der Waals surface area contributed by atoms with E-state index in [0.29, 0.717) is 10.6 Å². The van der Waals surface area contributed by atoms with Crippen molar-refractivity contribution in [3.05, 3.63) is 297 Å². The Balaban J connectivity index is 0.996. The highest BCUT2D eigenvalue weighted by atomic mass is 32.2. The van der Waals surface area contributed by atoms with Crippen molar-refractivity contribution in [2.75, 3.05) is 24.5 Å². The van der Waals surface area contributed by atoms with E-state index in [2.05, 4.69) is 310 Å². The van der Waals surface area contributed by atoms with Gasteiger partial charge in [-0.25, -0.2) is 4.39 Å². The summed E-state index contributed by atoms with van der Waals surface area (Å²) in [5.41, 5.74) is 21.2. The molecule has 16 rings (SSSR count). The number of anilines is 15. The van der Waals surface area contributed by atoms with Gasteiger partial charge in [-0.05, 0) is 149 Å². The molecule has 0 amide bonds. The van der Waals surface area contributed by atoms with E-state index < -0.39 is 0 Å². The average Bonchev–Trinajstić information content (AvgIpc) is 3.65. The minimum Gasteiger partial charge on any atom is -0.311 e. The average molecular weight is 1060 g/mol. The van der Waals surface area contributed by atoms with E-state index in [0.717, 1.165) is 112 Å². The molecule has 9 heteroatoms. The fourth-order valence-corrected chi connectivity index (χ4v) is 14.4. The summed E-state index contributed by atoms with van der Waals surface area (Å²) in [5.74, 6) is -0.233. The van der Waals surface area contributed by atoms with Crippen LogP contribution >= 0.6 is 11.8 Å². The smallest absolute Gasteiger partial charge is 0.252 e. The first-order chi connectivity index (χ1) is 40.2. The molecule has 81 heavy (non-hydrogen) atoms. The molecule has 0 saturated carbocycles. The van der Waals surface area contributed by atoms with Crippen LogP contribution in [0.3, 0.4) is 0 Å². The molecule has 0 atom stereocenters. The second-order valence-electron chi connectivity index (χ2n) is 20.9. The van der Waals surface area contributed by atoms with E-state index >= 15 is 4.39 Å². The lowest BCUT2D eigenvalue weighted by Crippen LogP contribution is -2.65. The van der Waals surface area contributed by atoms with Crippen LogP contribution in [0.15, 0.2) is 301 Å². The molecular weight excluding hydrogens is 1010 g/mol. The first-order valence-corrected chi connectivity index (χ1v) is 28.4. The molecule has 12 aromatic carbocycles. The summed E-state index contributed by atoms with van der Waals surface area (Å²) in [6, 6.07) is 103. The summed E-state index contributed by atoms with van der Waals surface area (Å²) in [6.45, 7) is -0.633. The maximum atomic E-state index is 19.9. The highest BCUT2D eigenvalue weighted by molar-refractivity contribution is 8.00. The van der Waals surface area contributed by atoms with Crippen molar-refractivity contribution in [2.45, 2.75) is 9.79 Å². The molecular formula is C72H48B2FN5S. The maximum Gasteiger partial charge on any atom is 0.252 e. The summed E-state index contributed by atoms with van der Waals surface area (Å²) in [7, 11) is 0. The van der Waals surface area contributed by atoms with Crippen LogP contribution in [0.25, 0.3) is 0 Å². The molecule has 4 aliphatic rings. The molecule has 0 bridgehead atoms. The van der Waals surface area contributed by atoms with Crippen molar-refractivity contribution in [3.8, 4) is 0 Å². The quantitative estimate of drug-likeness (QED) is 0.133. The predicted octanol–water partition coefficient (Wildman–Crippen LogP) is 15.6. The number of benzene rings is 12. The number of hydrogen-bond donors (Lipinski definition) is 0. The zero-order chi connectivity index (χ0) is 53.5. The van der Waals surface area contributed by atoms with Crippen molar-refractivity contribution in [1.82, 2.24) is 0 Å². The Labute approximate surface area is 476 Å². The Morgan fingerprint density at radius 1 is 0.296 bits per heavy atom. The standard InChI is InChI=1S/C72H48B2FN5S/c75-70-71-60(48-61-72(70)81-67-47-57(77(51-30-12-3-13-31-51)52-32-14-4-15-33-52)46-66-69(67)74(61)59-41-23-25-43-63(59)79(66)54-36-18-6-19-37-54)73-58-40-22-24-42-62(58)78(53-34-16-5-17-35-53)64-44-56(45-65(68(64)73)80(71)55-38-20-7-21-39-55)76(49-26-8-1-9-27-49)50-28-10-2-11-29-50/h1-48H. The molecule has 0 saturated heterocycles. The van der Waals surface area contributed by atoms with Gasteiger partial charge in [0.25, 0.3) is 6.71 Å². The topological polar surface area (TPSA) is 16.2 Å². The van der Waals surface area contributed by atoms with Gasteiger partial charge in [-0.15, -0.1) is 0 Å². The molecule has 0 fully saturated rings. The van der Waals surface area contributed by atoms with Crippen LogP contribution < -0.4 is 57.3 Å². The van der Waals surface area contributed by atoms with Gasteiger partial charge in [-0.2, -0.15) is 0 Å². The van der Waals surface area contributed by atoms with Gasteiger partial charge in [0.1, 0.15) is 0 Å². The molecule has 0 aliphatic carbocycles. The number of hydrogen-bond acceptors (Lipinski definition) is 6. The van der Waals surface area contributed by atoms with Crippen LogP contribution in [0.4, 0.5) is 89.7 Å². The highest BCUT2D eigenvalue weighted by Crippen LogP contribution is 2.52. The molecule has 0 unspecified atom stereocenters. The number of para-hydroxylation sites is 9. The van der Waals surface area contributed by atoms with E-state index in [-0.39, 0.29) is 19.2 Å². The second kappa shape index (κ2) is 19.2. The van der Waals surface area contributed by atoms with E-state index in [9.17, 15) is 0 Å². The number of halogens is 1. The summed E-state index contributed by atoms with van der Waals surface area (Å²) in [5, 5.41) is 0. The molecule has 4 heterocycles. The fourth-order valence-electron chi connectivity index (χ4n) is 13.2. The van der Waals surface area contributed by atoms with Crippen molar-refractivity contribution in [3.63, 3.8) is 0 Å². The first kappa shape index (κ1) is 47.1. The minimum atomic E-state index is -0.338. The van der Waals surface area contributed by atoms with Crippen LogP contribution in [0.2, 0.25) is 0 Å². The van der Waals surface area contributed by atoms with Gasteiger partial charge in [-0.3, -0.25) is 0 Å². The Morgan fingerprint density at radius 3 is 1.09 bits per heavy atom.